The molecule has 0 aliphatic carbocycles. The third-order valence-corrected chi connectivity index (χ3v) is 19.9. The van der Waals surface area contributed by atoms with Crippen molar-refractivity contribution in [2.24, 2.45) is 0 Å². The highest BCUT2D eigenvalue weighted by Gasteiger charge is 2.25. The topological polar surface area (TPSA) is 132 Å². The van der Waals surface area contributed by atoms with Gasteiger partial charge < -0.3 is 4.42 Å². The number of hydrogen-bond donors (Lipinski definition) is 1. The Kier molecular flexibility index (Phi) is 66.7. The number of aromatic amines is 1. The molecule has 0 bridgehead atoms. The van der Waals surface area contributed by atoms with E-state index in [2.05, 4.69) is 397 Å². The Labute approximate surface area is 744 Å². The second kappa shape index (κ2) is 61.6. The average Bonchev–Trinajstić information content (AvgIpc) is 1.60. The van der Waals surface area contributed by atoms with E-state index in [1.165, 1.54) is 47.5 Å². The standard InChI is InChI=1S/C14H22.C13H21N.C12H19N.C11H18N2.C11H18S.C10H17NO.C10H17NS.C9H17N3.8C2H6/c1-13(2,3)11-7-9-12(10-8-11)14(4,5)6;1-12(2,3)10-7-8-11(14-9-10)13(4,5)6;1-9(2)10-6-7-11(13-8-10)12(3,4)5;1-8(2)9-6-12-10(13-7-9)11(3,4)5;1-8(2)9-6-7-10(12-9)11(3,4)5;2*1-7(2)9-11-6-8(12-9)10(3,4)5;1-6(2)7-10-8(12-11-7)9(3,4)5;8*1-2/h7-10H,1-6H3;7-9H,1-6H3;6-9H,1-5H3;6-8H,1-5H3;6-8H,1-5H3;2*6-7H,1-5H3;6H,1-5H3,(H,10,11,12);8*1-2H3. The summed E-state index contributed by atoms with van der Waals surface area (Å²) in [4.78, 5) is 35.1. The van der Waals surface area contributed by atoms with Gasteiger partial charge in [0.25, 0.3) is 0 Å². The van der Waals surface area contributed by atoms with Crippen LogP contribution in [0.25, 0.3) is 0 Å². The van der Waals surface area contributed by atoms with Gasteiger partial charge in [0.15, 0.2) is 11.7 Å². The molecule has 7 heterocycles. The zero-order chi connectivity index (χ0) is 95.5. The monoisotopic (exact) mass is 1680 g/mol. The maximum Gasteiger partial charge on any atom is 0.196 e. The first kappa shape index (κ1) is 128. The Morgan fingerprint density at radius 3 is 0.847 bits per heavy atom. The molecule has 0 spiro atoms. The lowest BCUT2D eigenvalue weighted by atomic mass is 9.82. The number of hydrogen-bond acceptors (Lipinski definition) is 11. The highest BCUT2D eigenvalue weighted by atomic mass is 32.1. The number of pyridine rings is 2. The van der Waals surface area contributed by atoms with Crippen LogP contribution < -0.4 is 0 Å². The average molecular weight is 1680 g/mol. The zero-order valence-corrected chi connectivity index (χ0v) is 90.6. The second-order valence-corrected chi connectivity index (χ2v) is 41.8. The molecule has 0 aliphatic heterocycles. The number of benzene rings is 1. The summed E-state index contributed by atoms with van der Waals surface area (Å²) >= 11 is 3.78. The number of nitrogens with one attached hydrogen (secondary N) is 1. The Morgan fingerprint density at radius 2 is 0.636 bits per heavy atom. The van der Waals surface area contributed by atoms with Gasteiger partial charge in [0.1, 0.15) is 17.4 Å². The number of aromatic nitrogens is 9. The smallest absolute Gasteiger partial charge is 0.196 e. The van der Waals surface area contributed by atoms with Gasteiger partial charge in [-0.15, -0.1) is 22.7 Å². The number of oxazole rings is 1. The molecule has 684 valence electrons. The van der Waals surface area contributed by atoms with Crippen molar-refractivity contribution in [2.45, 2.75) is 491 Å². The predicted octanol–water partition coefficient (Wildman–Crippen LogP) is 35.6. The van der Waals surface area contributed by atoms with Crippen molar-refractivity contribution in [3.05, 3.63) is 186 Å². The quantitative estimate of drug-likeness (QED) is 0.173. The summed E-state index contributed by atoms with van der Waals surface area (Å²) in [7, 11) is 0. The highest BCUT2D eigenvalue weighted by molar-refractivity contribution is 7.12. The third-order valence-electron chi connectivity index (χ3n) is 16.4. The van der Waals surface area contributed by atoms with Crippen LogP contribution in [0.5, 0.6) is 0 Å². The number of thiazole rings is 1. The third kappa shape index (κ3) is 55.3. The molecule has 0 atom stereocenters. The van der Waals surface area contributed by atoms with E-state index in [0.29, 0.717) is 40.9 Å². The van der Waals surface area contributed by atoms with Crippen molar-refractivity contribution >= 4 is 22.7 Å². The zero-order valence-electron chi connectivity index (χ0n) is 89.0. The fraction of sp³-hybridized carbons (Fsp3) is 0.698. The minimum absolute atomic E-state index is 0.0453. The molecule has 8 aromatic rings. The molecular weight excluding hydrogens is 1480 g/mol. The molecule has 1 aromatic carbocycles. The van der Waals surface area contributed by atoms with Crippen LogP contribution in [0.4, 0.5) is 0 Å². The van der Waals surface area contributed by atoms with Gasteiger partial charge in [-0.3, -0.25) is 15.1 Å². The van der Waals surface area contributed by atoms with Gasteiger partial charge >= 0.3 is 0 Å². The van der Waals surface area contributed by atoms with Crippen molar-refractivity contribution in [2.75, 3.05) is 0 Å². The lowest BCUT2D eigenvalue weighted by molar-refractivity contribution is 0.372. The van der Waals surface area contributed by atoms with Gasteiger partial charge in [-0.2, -0.15) is 5.10 Å². The molecule has 1 N–H and O–H groups in total. The van der Waals surface area contributed by atoms with Gasteiger partial charge in [-0.1, -0.05) is 438 Å². The van der Waals surface area contributed by atoms with E-state index in [1.54, 1.807) is 0 Å². The van der Waals surface area contributed by atoms with E-state index in [0.717, 1.165) is 40.5 Å². The van der Waals surface area contributed by atoms with Crippen molar-refractivity contribution in [3.63, 3.8) is 0 Å². The lowest BCUT2D eigenvalue weighted by Gasteiger charge is -2.23. The molecule has 118 heavy (non-hydrogen) atoms. The van der Waals surface area contributed by atoms with E-state index in [9.17, 15) is 0 Å². The minimum atomic E-state index is 0.0453. The summed E-state index contributed by atoms with van der Waals surface area (Å²) < 4.78 is 5.60. The van der Waals surface area contributed by atoms with E-state index in [-0.39, 0.29) is 48.7 Å². The first-order valence-corrected chi connectivity index (χ1v) is 47.3. The molecule has 0 unspecified atom stereocenters. The molecule has 10 nitrogen and oxygen atoms in total. The van der Waals surface area contributed by atoms with Crippen molar-refractivity contribution < 1.29 is 4.42 Å². The Bertz CT molecular complexity index is 3180. The molecule has 0 saturated heterocycles. The van der Waals surface area contributed by atoms with Crippen LogP contribution in [0, 0.1) is 0 Å². The summed E-state index contributed by atoms with van der Waals surface area (Å²) in [6, 6.07) is 22.2. The molecule has 0 amide bonds. The van der Waals surface area contributed by atoms with Crippen molar-refractivity contribution in [3.8, 4) is 0 Å². The van der Waals surface area contributed by atoms with Gasteiger partial charge in [0.05, 0.1) is 11.2 Å². The number of nitrogens with zero attached hydrogens (tertiary/aromatic N) is 8. The summed E-state index contributed by atoms with van der Waals surface area (Å²) in [5.74, 6) is 7.69. The predicted molar refractivity (Wildman–Crippen MR) is 539 cm³/mol. The van der Waals surface area contributed by atoms with E-state index < -0.39 is 0 Å². The fourth-order valence-corrected chi connectivity index (χ4v) is 10.7. The number of rotatable bonds is 6. The molecule has 0 radical (unpaired) electrons. The Morgan fingerprint density at radius 1 is 0.271 bits per heavy atom. The highest BCUT2D eigenvalue weighted by Crippen LogP contribution is 2.35. The van der Waals surface area contributed by atoms with Crippen LogP contribution in [-0.4, -0.2) is 45.1 Å². The first-order chi connectivity index (χ1) is 53.9. The fourth-order valence-electron chi connectivity index (χ4n) is 8.70. The molecule has 7 aromatic heterocycles. The van der Waals surface area contributed by atoms with Crippen LogP contribution in [-0.2, 0) is 54.1 Å². The van der Waals surface area contributed by atoms with Crippen LogP contribution >= 0.6 is 22.7 Å². The number of H-pyrrole nitrogens is 1. The largest absolute Gasteiger partial charge is 0.445 e. The van der Waals surface area contributed by atoms with Gasteiger partial charge in [-0.05, 0) is 96.9 Å². The minimum Gasteiger partial charge on any atom is -0.445 e. The molecule has 8 rings (SSSR count). The summed E-state index contributed by atoms with van der Waals surface area (Å²) in [6.45, 7) is 124. The van der Waals surface area contributed by atoms with Gasteiger partial charge in [-0.25, -0.2) is 24.9 Å². The van der Waals surface area contributed by atoms with Crippen molar-refractivity contribution in [1.82, 2.24) is 45.1 Å². The van der Waals surface area contributed by atoms with Crippen LogP contribution in [0.1, 0.15) is 525 Å². The van der Waals surface area contributed by atoms with E-state index in [1.807, 2.05) is 171 Å². The van der Waals surface area contributed by atoms with E-state index in [4.69, 9.17) is 4.42 Å². The van der Waals surface area contributed by atoms with Crippen LogP contribution in [0.3, 0.4) is 0 Å². The lowest BCUT2D eigenvalue weighted by Crippen LogP contribution is -2.16. The van der Waals surface area contributed by atoms with Gasteiger partial charge in [0, 0.05) is 102 Å². The normalized spacial score (nSPS) is 11.3. The summed E-state index contributed by atoms with van der Waals surface area (Å²) in [5, 5.41) is 8.37. The maximum atomic E-state index is 5.60. The van der Waals surface area contributed by atoms with Gasteiger partial charge in [0.2, 0.25) is 0 Å². The van der Waals surface area contributed by atoms with Crippen LogP contribution in [0.2, 0.25) is 0 Å². The molecule has 0 saturated carbocycles. The molecule has 0 fully saturated rings. The molecule has 12 heteroatoms. The first-order valence-electron chi connectivity index (χ1n) is 45.7. The number of thiophene rings is 1. The SMILES string of the molecule is CC.CC.CC.CC.CC.CC.CC.CC.CC(C)(C)c1ccc(C(C)(C)C)cc1.CC(C)(C)c1ccc(C(C)(C)C)nc1.CC(C)c1ccc(C(C)(C)C)nc1.CC(C)c1ccc(C(C)(C)C)s1.CC(C)c1cnc(C(C)(C)C)nc1.CC(C)c1nc(C(C)(C)C)n[nH]1.CC(C)c1ncc(C(C)(C)C)o1.CC(C)c1ncc(C(C)(C)C)s1. The van der Waals surface area contributed by atoms with E-state index >= 15 is 0 Å². The summed E-state index contributed by atoms with van der Waals surface area (Å²) in [5.41, 5.74) is 10.7. The maximum absolute atomic E-state index is 5.60. The molecule has 0 aliphatic rings. The summed E-state index contributed by atoms with van der Waals surface area (Å²) in [6.07, 6.45) is 11.7. The van der Waals surface area contributed by atoms with Crippen molar-refractivity contribution in [1.29, 1.82) is 0 Å². The molecular formula is C106H197N9OS2. The Hall–Kier alpha value is -5.72. The second-order valence-electron chi connectivity index (χ2n) is 39.6. The van der Waals surface area contributed by atoms with Crippen LogP contribution in [0.15, 0.2) is 102 Å². The Balaban J connectivity index is -0.000000190.